The lowest BCUT2D eigenvalue weighted by Crippen LogP contribution is -2.29. The summed E-state index contributed by atoms with van der Waals surface area (Å²) >= 11 is 0. The molecule has 5 nitrogen and oxygen atoms in total. The van der Waals surface area contributed by atoms with Gasteiger partial charge in [0.25, 0.3) is 5.91 Å². The monoisotopic (exact) mass is 280 g/mol. The van der Waals surface area contributed by atoms with Crippen LogP contribution in [0.4, 0.5) is 0 Å². The second-order valence-electron chi connectivity index (χ2n) is 4.69. The van der Waals surface area contributed by atoms with Crippen LogP contribution in [0.5, 0.6) is 11.5 Å². The second-order valence-corrected chi connectivity index (χ2v) is 4.69. The molecule has 20 heavy (non-hydrogen) atoms. The zero-order valence-electron chi connectivity index (χ0n) is 12.4. The fourth-order valence-corrected chi connectivity index (χ4v) is 1.69. The maximum absolute atomic E-state index is 11.6. The average molecular weight is 280 g/mol. The van der Waals surface area contributed by atoms with E-state index in [9.17, 15) is 4.79 Å². The van der Waals surface area contributed by atoms with Crippen LogP contribution in [0.25, 0.3) is 0 Å². The van der Waals surface area contributed by atoms with Crippen molar-refractivity contribution >= 4 is 5.91 Å². The number of hydrogen-bond acceptors (Lipinski definition) is 4. The van der Waals surface area contributed by atoms with Crippen molar-refractivity contribution in [3.63, 3.8) is 0 Å². The van der Waals surface area contributed by atoms with E-state index in [0.717, 1.165) is 18.4 Å². The zero-order valence-corrected chi connectivity index (χ0v) is 12.4. The molecule has 0 saturated heterocycles. The van der Waals surface area contributed by atoms with E-state index in [1.165, 1.54) is 0 Å². The van der Waals surface area contributed by atoms with Crippen molar-refractivity contribution in [1.29, 1.82) is 0 Å². The van der Waals surface area contributed by atoms with Crippen LogP contribution in [0.15, 0.2) is 18.2 Å². The van der Waals surface area contributed by atoms with Gasteiger partial charge in [0.15, 0.2) is 18.1 Å². The summed E-state index contributed by atoms with van der Waals surface area (Å²) in [5, 5.41) is 2.80. The average Bonchev–Trinajstić information content (AvgIpc) is 2.45. The van der Waals surface area contributed by atoms with Crippen LogP contribution in [0.1, 0.15) is 38.3 Å². The van der Waals surface area contributed by atoms with E-state index in [4.69, 9.17) is 15.2 Å². The third-order valence-corrected chi connectivity index (χ3v) is 2.92. The molecule has 3 N–H and O–H groups in total. The molecule has 0 spiro atoms. The summed E-state index contributed by atoms with van der Waals surface area (Å²) in [6.07, 6.45) is 2.02. The van der Waals surface area contributed by atoms with Gasteiger partial charge in [0.05, 0.1) is 7.11 Å². The van der Waals surface area contributed by atoms with Crippen LogP contribution in [0.3, 0.4) is 0 Å². The first-order chi connectivity index (χ1) is 9.58. The number of carbonyl (C=O) groups excluding carboxylic acids is 1. The van der Waals surface area contributed by atoms with E-state index in [2.05, 4.69) is 12.2 Å². The van der Waals surface area contributed by atoms with E-state index in [1.807, 2.05) is 19.1 Å². The zero-order chi connectivity index (χ0) is 15.0. The predicted molar refractivity (Wildman–Crippen MR) is 79.0 cm³/mol. The van der Waals surface area contributed by atoms with E-state index in [1.54, 1.807) is 13.2 Å². The van der Waals surface area contributed by atoms with Gasteiger partial charge in [-0.15, -0.1) is 0 Å². The number of nitrogens with one attached hydrogen (secondary N) is 1. The highest BCUT2D eigenvalue weighted by Gasteiger charge is 2.09. The second kappa shape index (κ2) is 8.43. The summed E-state index contributed by atoms with van der Waals surface area (Å²) in [5.74, 6) is 1.00. The maximum Gasteiger partial charge on any atom is 0.257 e. The Kier molecular flexibility index (Phi) is 6.87. The van der Waals surface area contributed by atoms with Crippen LogP contribution >= 0.6 is 0 Å². The molecule has 0 fully saturated rings. The lowest BCUT2D eigenvalue weighted by Gasteiger charge is -2.13. The van der Waals surface area contributed by atoms with Crippen molar-refractivity contribution in [2.75, 3.05) is 20.3 Å². The minimum absolute atomic E-state index is 0.0163. The first kappa shape index (κ1) is 16.3. The van der Waals surface area contributed by atoms with E-state index in [0.29, 0.717) is 18.0 Å². The van der Waals surface area contributed by atoms with Gasteiger partial charge in [0.1, 0.15) is 0 Å². The maximum atomic E-state index is 11.6. The number of rotatable bonds is 8. The third-order valence-electron chi connectivity index (χ3n) is 2.92. The summed E-state index contributed by atoms with van der Waals surface area (Å²) in [7, 11) is 1.56. The van der Waals surface area contributed by atoms with E-state index in [-0.39, 0.29) is 18.6 Å². The predicted octanol–water partition coefficient (Wildman–Crippen LogP) is 2.01. The van der Waals surface area contributed by atoms with Crippen molar-refractivity contribution < 1.29 is 14.3 Å². The Labute approximate surface area is 120 Å². The largest absolute Gasteiger partial charge is 0.493 e. The molecule has 112 valence electrons. The van der Waals surface area contributed by atoms with Gasteiger partial charge in [-0.25, -0.2) is 0 Å². The Morgan fingerprint density at radius 3 is 2.75 bits per heavy atom. The summed E-state index contributed by atoms with van der Waals surface area (Å²) in [6.45, 7) is 4.64. The van der Waals surface area contributed by atoms with Crippen molar-refractivity contribution in [1.82, 2.24) is 5.32 Å². The number of ether oxygens (including phenoxy) is 2. The molecule has 1 atom stereocenters. The topological polar surface area (TPSA) is 73.6 Å². The number of hydrogen-bond donors (Lipinski definition) is 2. The van der Waals surface area contributed by atoms with Gasteiger partial charge in [-0.05, 0) is 31.0 Å². The Morgan fingerprint density at radius 1 is 1.40 bits per heavy atom. The van der Waals surface area contributed by atoms with Gasteiger partial charge in [-0.1, -0.05) is 19.4 Å². The van der Waals surface area contributed by atoms with Gasteiger partial charge >= 0.3 is 0 Å². The first-order valence-corrected chi connectivity index (χ1v) is 6.91. The molecule has 0 bridgehead atoms. The Bertz CT molecular complexity index is 433. The lowest BCUT2D eigenvalue weighted by atomic mass is 10.1. The number of amides is 1. The van der Waals surface area contributed by atoms with Gasteiger partial charge in [0.2, 0.25) is 0 Å². The summed E-state index contributed by atoms with van der Waals surface area (Å²) < 4.78 is 10.7. The molecule has 1 aromatic rings. The van der Waals surface area contributed by atoms with Crippen LogP contribution in [-0.4, -0.2) is 26.2 Å². The van der Waals surface area contributed by atoms with Gasteiger partial charge in [0, 0.05) is 12.6 Å². The highest BCUT2D eigenvalue weighted by Crippen LogP contribution is 2.29. The molecule has 1 aromatic carbocycles. The van der Waals surface area contributed by atoms with Crippen molar-refractivity contribution in [2.24, 2.45) is 5.73 Å². The quantitative estimate of drug-likeness (QED) is 0.714. The standard InChI is InChI=1S/C15H24N2O3/c1-4-5-8-17-15(18)10-20-13-7-6-12(11(2)16)9-14(13)19-3/h6-7,9,11H,4-5,8,10,16H2,1-3H3,(H,17,18)/t11-/m1/s1. The minimum atomic E-state index is -0.128. The molecule has 0 aliphatic rings. The molecule has 0 aromatic heterocycles. The molecule has 0 radical (unpaired) electrons. The van der Waals surface area contributed by atoms with Crippen LogP contribution in [0, 0.1) is 0 Å². The van der Waals surface area contributed by atoms with Crippen molar-refractivity contribution in [3.8, 4) is 11.5 Å². The highest BCUT2D eigenvalue weighted by atomic mass is 16.5. The fourth-order valence-electron chi connectivity index (χ4n) is 1.69. The van der Waals surface area contributed by atoms with Crippen molar-refractivity contribution in [3.05, 3.63) is 23.8 Å². The van der Waals surface area contributed by atoms with Crippen LogP contribution in [0.2, 0.25) is 0 Å². The smallest absolute Gasteiger partial charge is 0.257 e. The van der Waals surface area contributed by atoms with E-state index < -0.39 is 0 Å². The molecule has 1 amide bonds. The Hall–Kier alpha value is -1.75. The number of nitrogens with two attached hydrogens (primary N) is 1. The van der Waals surface area contributed by atoms with Gasteiger partial charge in [-0.3, -0.25) is 4.79 Å². The number of methoxy groups -OCH3 is 1. The normalized spacial score (nSPS) is 11.8. The summed E-state index contributed by atoms with van der Waals surface area (Å²) in [4.78, 5) is 11.6. The Morgan fingerprint density at radius 2 is 2.15 bits per heavy atom. The summed E-state index contributed by atoms with van der Waals surface area (Å²) in [6, 6.07) is 5.40. The van der Waals surface area contributed by atoms with Crippen LogP contribution in [-0.2, 0) is 4.79 Å². The molecule has 1 rings (SSSR count). The molecule has 5 heteroatoms. The fraction of sp³-hybridized carbons (Fsp3) is 0.533. The number of unbranched alkanes of at least 4 members (excludes halogenated alkanes) is 1. The first-order valence-electron chi connectivity index (χ1n) is 6.91. The van der Waals surface area contributed by atoms with Crippen molar-refractivity contribution in [2.45, 2.75) is 32.7 Å². The number of carbonyl (C=O) groups is 1. The molecule has 0 unspecified atom stereocenters. The third kappa shape index (κ3) is 5.09. The molecular formula is C15H24N2O3. The Balaban J connectivity index is 2.57. The minimum Gasteiger partial charge on any atom is -0.493 e. The molecule has 0 aliphatic carbocycles. The number of benzene rings is 1. The van der Waals surface area contributed by atoms with Crippen LogP contribution < -0.4 is 20.5 Å². The van der Waals surface area contributed by atoms with E-state index >= 15 is 0 Å². The van der Waals surface area contributed by atoms with Gasteiger partial charge < -0.3 is 20.5 Å². The SMILES string of the molecule is CCCCNC(=O)COc1ccc([C@@H](C)N)cc1OC. The molecule has 0 aliphatic heterocycles. The molecule has 0 heterocycles. The molecule has 0 saturated carbocycles. The molecular weight excluding hydrogens is 256 g/mol. The summed E-state index contributed by atoms with van der Waals surface area (Å²) in [5.41, 5.74) is 6.78. The highest BCUT2D eigenvalue weighted by molar-refractivity contribution is 5.77. The lowest BCUT2D eigenvalue weighted by molar-refractivity contribution is -0.123. The van der Waals surface area contributed by atoms with Gasteiger partial charge in [-0.2, -0.15) is 0 Å².